The summed E-state index contributed by atoms with van der Waals surface area (Å²) in [7, 11) is 0. The molecule has 0 aliphatic carbocycles. The summed E-state index contributed by atoms with van der Waals surface area (Å²) in [5.41, 5.74) is 0. The Morgan fingerprint density at radius 1 is 1.07 bits per heavy atom. The van der Waals surface area contributed by atoms with E-state index in [1.165, 1.54) is 50.0 Å². The topological polar surface area (TPSA) is 0 Å². The van der Waals surface area contributed by atoms with E-state index in [0.29, 0.717) is 0 Å². The molecule has 0 fully saturated rings. The maximum absolute atomic E-state index is 3.96. The monoisotopic (exact) mass is 247 g/mol. The van der Waals surface area contributed by atoms with Crippen LogP contribution < -0.4 is 0 Å². The molecule has 0 saturated heterocycles. The van der Waals surface area contributed by atoms with Crippen LogP contribution in [0.1, 0.15) is 51.9 Å². The first-order valence-electron chi connectivity index (χ1n) is 6.24. The summed E-state index contributed by atoms with van der Waals surface area (Å²) >= 11 is 4.09. The van der Waals surface area contributed by atoms with Crippen LogP contribution in [0.5, 0.6) is 0 Å². The molecule has 0 aliphatic heterocycles. The van der Waals surface area contributed by atoms with Gasteiger partial charge in [-0.15, -0.1) is 0 Å². The summed E-state index contributed by atoms with van der Waals surface area (Å²) in [6.45, 7) is 6.22. The van der Waals surface area contributed by atoms with Crippen molar-refractivity contribution in [1.82, 2.24) is 0 Å². The molecular weight excluding hydrogens is 220 g/mol. The van der Waals surface area contributed by atoms with E-state index in [2.05, 4.69) is 31.9 Å². The number of rotatable bonds is 11. The number of hydrogen-bond acceptors (Lipinski definition) is 2. The molecule has 1 atom stereocenters. The van der Waals surface area contributed by atoms with Crippen molar-refractivity contribution in [3.05, 3.63) is 6.92 Å². The molecule has 0 aliphatic rings. The molecule has 15 heavy (non-hydrogen) atoms. The minimum Gasteiger partial charge on any atom is -0.165 e. The Balaban J connectivity index is 3.28. The maximum atomic E-state index is 3.96. The first-order chi connectivity index (χ1) is 7.35. The fraction of sp³-hybridized carbons (Fsp3) is 0.923. The Labute approximate surface area is 105 Å². The van der Waals surface area contributed by atoms with Gasteiger partial charge in [0.05, 0.1) is 0 Å². The van der Waals surface area contributed by atoms with E-state index in [4.69, 9.17) is 0 Å². The number of hydrogen-bond donors (Lipinski definition) is 0. The van der Waals surface area contributed by atoms with E-state index >= 15 is 0 Å². The van der Waals surface area contributed by atoms with Gasteiger partial charge < -0.3 is 0 Å². The van der Waals surface area contributed by atoms with Gasteiger partial charge in [0.1, 0.15) is 0 Å². The van der Waals surface area contributed by atoms with Crippen LogP contribution in [0.4, 0.5) is 0 Å². The molecule has 0 aromatic carbocycles. The molecule has 0 spiro atoms. The first kappa shape index (κ1) is 15.7. The van der Waals surface area contributed by atoms with Crippen molar-refractivity contribution in [2.24, 2.45) is 0 Å². The van der Waals surface area contributed by atoms with Crippen molar-refractivity contribution >= 4 is 23.5 Å². The van der Waals surface area contributed by atoms with Gasteiger partial charge in [-0.25, -0.2) is 0 Å². The van der Waals surface area contributed by atoms with Crippen molar-refractivity contribution < 1.29 is 0 Å². The van der Waals surface area contributed by atoms with Gasteiger partial charge in [0.2, 0.25) is 0 Å². The van der Waals surface area contributed by atoms with E-state index < -0.39 is 0 Å². The molecule has 0 N–H and O–H groups in total. The van der Waals surface area contributed by atoms with Crippen LogP contribution in [0.15, 0.2) is 0 Å². The van der Waals surface area contributed by atoms with E-state index in [9.17, 15) is 0 Å². The quantitative estimate of drug-likeness (QED) is 0.469. The molecular formula is C13H27S2. The zero-order valence-electron chi connectivity index (χ0n) is 10.5. The second-order valence-corrected chi connectivity index (χ2v) is 6.48. The molecule has 0 aromatic heterocycles. The molecule has 0 aromatic rings. The van der Waals surface area contributed by atoms with Crippen molar-refractivity contribution in [3.8, 4) is 0 Å². The van der Waals surface area contributed by atoms with Crippen LogP contribution in [0, 0.1) is 6.92 Å². The van der Waals surface area contributed by atoms with Crippen molar-refractivity contribution in [1.29, 1.82) is 0 Å². The summed E-state index contributed by atoms with van der Waals surface area (Å²) in [4.78, 5) is 0. The predicted molar refractivity (Wildman–Crippen MR) is 78.0 cm³/mol. The Hall–Kier alpha value is 0.700. The molecule has 0 heterocycles. The van der Waals surface area contributed by atoms with Crippen LogP contribution in [-0.2, 0) is 0 Å². The predicted octanol–water partition coefficient (Wildman–Crippen LogP) is 5.04. The van der Waals surface area contributed by atoms with Gasteiger partial charge in [0.25, 0.3) is 0 Å². The lowest BCUT2D eigenvalue weighted by atomic mass is 10.1. The Morgan fingerprint density at radius 2 is 1.80 bits per heavy atom. The molecule has 1 radical (unpaired) electrons. The number of thioether (sulfide) groups is 2. The molecule has 0 rings (SSSR count). The normalized spacial score (nSPS) is 13.0. The molecule has 0 bridgehead atoms. The third-order valence-electron chi connectivity index (χ3n) is 2.55. The van der Waals surface area contributed by atoms with Gasteiger partial charge in [-0.05, 0) is 37.0 Å². The van der Waals surface area contributed by atoms with Crippen LogP contribution in [-0.4, -0.2) is 23.0 Å². The summed E-state index contributed by atoms with van der Waals surface area (Å²) in [6.07, 6.45) is 11.7. The average Bonchev–Trinajstić information content (AvgIpc) is 2.24. The van der Waals surface area contributed by atoms with E-state index in [1.54, 1.807) is 0 Å². The summed E-state index contributed by atoms with van der Waals surface area (Å²) in [5, 5.41) is 0.882. The van der Waals surface area contributed by atoms with E-state index in [0.717, 1.165) is 11.7 Å². The summed E-state index contributed by atoms with van der Waals surface area (Å²) in [6, 6.07) is 0. The lowest BCUT2D eigenvalue weighted by Crippen LogP contribution is -2.02. The van der Waals surface area contributed by atoms with Crippen molar-refractivity contribution in [2.75, 3.05) is 17.8 Å². The van der Waals surface area contributed by atoms with Crippen LogP contribution in [0.25, 0.3) is 0 Å². The third kappa shape index (κ3) is 11.0. The standard InChI is InChI=1S/C13H27S2/c1-4-10-13(15-5-2)11-8-6-7-9-12-14-3/h13H,1,4-12H2,2-3H3. The summed E-state index contributed by atoms with van der Waals surface area (Å²) < 4.78 is 0. The van der Waals surface area contributed by atoms with Gasteiger partial charge in [0, 0.05) is 5.25 Å². The smallest absolute Gasteiger partial charge is 0.00469 e. The molecule has 0 nitrogen and oxygen atoms in total. The molecule has 0 amide bonds. The largest absolute Gasteiger partial charge is 0.165 e. The van der Waals surface area contributed by atoms with Crippen molar-refractivity contribution in [3.63, 3.8) is 0 Å². The SMILES string of the molecule is [CH2]CCC(CCCCCCSC)SCC. The second kappa shape index (κ2) is 12.8. The lowest BCUT2D eigenvalue weighted by molar-refractivity contribution is 0.603. The average molecular weight is 247 g/mol. The molecule has 0 saturated carbocycles. The fourth-order valence-electron chi connectivity index (χ4n) is 1.75. The Bertz CT molecular complexity index is 109. The minimum atomic E-state index is 0.882. The zero-order chi connectivity index (χ0) is 11.4. The van der Waals surface area contributed by atoms with Crippen LogP contribution >= 0.6 is 23.5 Å². The highest BCUT2D eigenvalue weighted by Gasteiger charge is 2.06. The lowest BCUT2D eigenvalue weighted by Gasteiger charge is -2.14. The number of unbranched alkanes of at least 4 members (excludes halogenated alkanes) is 3. The van der Waals surface area contributed by atoms with Gasteiger partial charge in [0.15, 0.2) is 0 Å². The van der Waals surface area contributed by atoms with Gasteiger partial charge >= 0.3 is 0 Å². The van der Waals surface area contributed by atoms with E-state index in [1.807, 2.05) is 11.8 Å². The highest BCUT2D eigenvalue weighted by atomic mass is 32.2. The van der Waals surface area contributed by atoms with E-state index in [-0.39, 0.29) is 0 Å². The van der Waals surface area contributed by atoms with Crippen LogP contribution in [0.3, 0.4) is 0 Å². The fourth-order valence-corrected chi connectivity index (χ4v) is 3.38. The first-order valence-corrected chi connectivity index (χ1v) is 8.69. The minimum absolute atomic E-state index is 0.882. The van der Waals surface area contributed by atoms with Gasteiger partial charge in [-0.2, -0.15) is 23.5 Å². The summed E-state index contributed by atoms with van der Waals surface area (Å²) in [5.74, 6) is 2.60. The Morgan fingerprint density at radius 3 is 2.40 bits per heavy atom. The molecule has 1 unspecified atom stereocenters. The highest BCUT2D eigenvalue weighted by molar-refractivity contribution is 7.99. The molecule has 2 heteroatoms. The second-order valence-electron chi connectivity index (χ2n) is 3.92. The molecule has 91 valence electrons. The van der Waals surface area contributed by atoms with Crippen LogP contribution in [0.2, 0.25) is 0 Å². The third-order valence-corrected chi connectivity index (χ3v) is 4.53. The van der Waals surface area contributed by atoms with Gasteiger partial charge in [-0.1, -0.05) is 39.5 Å². The highest BCUT2D eigenvalue weighted by Crippen LogP contribution is 2.22. The van der Waals surface area contributed by atoms with Crippen molar-refractivity contribution in [2.45, 2.75) is 57.1 Å². The maximum Gasteiger partial charge on any atom is 0.00469 e. The zero-order valence-corrected chi connectivity index (χ0v) is 12.1. The Kier molecular flexibility index (Phi) is 13.4. The van der Waals surface area contributed by atoms with Gasteiger partial charge in [-0.3, -0.25) is 0 Å².